The molecule has 110 valence electrons. The molecule has 0 amide bonds. The van der Waals surface area contributed by atoms with Crippen LogP contribution in [0.4, 0.5) is 0 Å². The third-order valence-corrected chi connectivity index (χ3v) is 5.34. The molecule has 19 heavy (non-hydrogen) atoms. The van der Waals surface area contributed by atoms with Crippen LogP contribution in [0.5, 0.6) is 0 Å². The van der Waals surface area contributed by atoms with Gasteiger partial charge in [-0.25, -0.2) is 0 Å². The summed E-state index contributed by atoms with van der Waals surface area (Å²) in [5.74, 6) is 0. The molecule has 1 saturated carbocycles. The van der Waals surface area contributed by atoms with Gasteiger partial charge < -0.3 is 4.90 Å². The Morgan fingerprint density at radius 3 is 1.58 bits per heavy atom. The number of hydrogen-bond acceptors (Lipinski definition) is 3. The van der Waals surface area contributed by atoms with Crippen LogP contribution in [0.1, 0.15) is 46.5 Å². The highest BCUT2D eigenvalue weighted by molar-refractivity contribution is 4.91. The van der Waals surface area contributed by atoms with E-state index in [1.54, 1.807) is 0 Å². The third kappa shape index (κ3) is 3.32. The molecule has 2 heterocycles. The molecule has 3 rings (SSSR count). The van der Waals surface area contributed by atoms with Gasteiger partial charge in [0.1, 0.15) is 0 Å². The number of piperidine rings is 1. The lowest BCUT2D eigenvalue weighted by Crippen LogP contribution is -2.57. The molecular weight excluding hydrogens is 234 g/mol. The average Bonchev–Trinajstić information content (AvgIpc) is 3.22. The first kappa shape index (κ1) is 13.8. The Morgan fingerprint density at radius 1 is 0.632 bits per heavy atom. The van der Waals surface area contributed by atoms with Crippen molar-refractivity contribution in [3.63, 3.8) is 0 Å². The SMILES string of the molecule is CC(C)(C)N1CCN(C2CCN(C3CC3)CC2)CC1. The van der Waals surface area contributed by atoms with E-state index >= 15 is 0 Å². The second-order valence-electron chi connectivity index (χ2n) is 7.69. The van der Waals surface area contributed by atoms with Gasteiger partial charge in [0, 0.05) is 43.8 Å². The zero-order valence-corrected chi connectivity index (χ0v) is 13.1. The zero-order valence-electron chi connectivity index (χ0n) is 13.1. The van der Waals surface area contributed by atoms with E-state index in [0.29, 0.717) is 5.54 Å². The summed E-state index contributed by atoms with van der Waals surface area (Å²) in [6.07, 6.45) is 5.75. The average molecular weight is 265 g/mol. The molecule has 0 unspecified atom stereocenters. The van der Waals surface area contributed by atoms with E-state index in [0.717, 1.165) is 12.1 Å². The number of hydrogen-bond donors (Lipinski definition) is 0. The fourth-order valence-corrected chi connectivity index (χ4v) is 3.81. The number of likely N-dealkylation sites (tertiary alicyclic amines) is 1. The van der Waals surface area contributed by atoms with Crippen molar-refractivity contribution in [2.45, 2.75) is 64.1 Å². The van der Waals surface area contributed by atoms with Crippen molar-refractivity contribution in [3.05, 3.63) is 0 Å². The normalized spacial score (nSPS) is 29.8. The predicted molar refractivity (Wildman–Crippen MR) is 80.5 cm³/mol. The standard InChI is InChI=1S/C16H31N3/c1-16(2,3)19-12-10-18(11-13-19)15-6-8-17(9-7-15)14-4-5-14/h14-15H,4-13H2,1-3H3. The Balaban J connectivity index is 1.44. The van der Waals surface area contributed by atoms with E-state index < -0.39 is 0 Å². The summed E-state index contributed by atoms with van der Waals surface area (Å²) in [6, 6.07) is 1.84. The summed E-state index contributed by atoms with van der Waals surface area (Å²) in [4.78, 5) is 8.15. The van der Waals surface area contributed by atoms with Crippen molar-refractivity contribution in [1.82, 2.24) is 14.7 Å². The second-order valence-corrected chi connectivity index (χ2v) is 7.69. The fraction of sp³-hybridized carbons (Fsp3) is 1.00. The van der Waals surface area contributed by atoms with Crippen LogP contribution in [0.15, 0.2) is 0 Å². The van der Waals surface area contributed by atoms with Gasteiger partial charge in [-0.2, -0.15) is 0 Å². The summed E-state index contributed by atoms with van der Waals surface area (Å²) in [5.41, 5.74) is 0.349. The van der Waals surface area contributed by atoms with E-state index in [1.165, 1.54) is 65.0 Å². The molecule has 1 aliphatic carbocycles. The molecule has 2 saturated heterocycles. The summed E-state index contributed by atoms with van der Waals surface area (Å²) in [6.45, 7) is 14.8. The Labute approximate surface area is 118 Å². The van der Waals surface area contributed by atoms with Gasteiger partial charge in [0.25, 0.3) is 0 Å². The zero-order chi connectivity index (χ0) is 13.5. The largest absolute Gasteiger partial charge is 0.300 e. The highest BCUT2D eigenvalue weighted by Crippen LogP contribution is 2.30. The van der Waals surface area contributed by atoms with Crippen molar-refractivity contribution < 1.29 is 0 Å². The molecule has 3 aliphatic rings. The Morgan fingerprint density at radius 2 is 1.11 bits per heavy atom. The lowest BCUT2D eigenvalue weighted by molar-refractivity contribution is 0.0229. The van der Waals surface area contributed by atoms with Crippen LogP contribution in [-0.4, -0.2) is 71.6 Å². The van der Waals surface area contributed by atoms with Crippen LogP contribution >= 0.6 is 0 Å². The lowest BCUT2D eigenvalue weighted by Gasteiger charge is -2.46. The van der Waals surface area contributed by atoms with Gasteiger partial charge in [0.05, 0.1) is 0 Å². The van der Waals surface area contributed by atoms with Crippen molar-refractivity contribution >= 4 is 0 Å². The van der Waals surface area contributed by atoms with Gasteiger partial charge in [0.15, 0.2) is 0 Å². The van der Waals surface area contributed by atoms with Crippen molar-refractivity contribution in [3.8, 4) is 0 Å². The lowest BCUT2D eigenvalue weighted by atomic mass is 10.0. The van der Waals surface area contributed by atoms with Gasteiger partial charge in [-0.1, -0.05) is 0 Å². The molecule has 3 heteroatoms. The maximum atomic E-state index is 2.77. The number of rotatable bonds is 2. The van der Waals surface area contributed by atoms with E-state index in [4.69, 9.17) is 0 Å². The van der Waals surface area contributed by atoms with Gasteiger partial charge in [-0.15, -0.1) is 0 Å². The number of nitrogens with zero attached hydrogens (tertiary/aromatic N) is 3. The first-order chi connectivity index (χ1) is 9.04. The Bertz CT molecular complexity index is 290. The molecule has 0 atom stereocenters. The summed E-state index contributed by atoms with van der Waals surface area (Å²) in [7, 11) is 0. The highest BCUT2D eigenvalue weighted by Gasteiger charge is 2.34. The highest BCUT2D eigenvalue weighted by atomic mass is 15.3. The molecule has 0 spiro atoms. The van der Waals surface area contributed by atoms with Crippen LogP contribution in [0.3, 0.4) is 0 Å². The van der Waals surface area contributed by atoms with Gasteiger partial charge >= 0.3 is 0 Å². The molecule has 0 radical (unpaired) electrons. The maximum absolute atomic E-state index is 2.77. The van der Waals surface area contributed by atoms with E-state index in [2.05, 4.69) is 35.5 Å². The smallest absolute Gasteiger partial charge is 0.0126 e. The minimum atomic E-state index is 0.349. The van der Waals surface area contributed by atoms with Crippen LogP contribution in [-0.2, 0) is 0 Å². The summed E-state index contributed by atoms with van der Waals surface area (Å²) >= 11 is 0. The van der Waals surface area contributed by atoms with E-state index in [9.17, 15) is 0 Å². The van der Waals surface area contributed by atoms with Crippen molar-refractivity contribution in [2.75, 3.05) is 39.3 Å². The topological polar surface area (TPSA) is 9.72 Å². The molecule has 0 aromatic rings. The second kappa shape index (κ2) is 5.34. The Hall–Kier alpha value is -0.120. The van der Waals surface area contributed by atoms with Crippen molar-refractivity contribution in [2.24, 2.45) is 0 Å². The molecule has 3 nitrogen and oxygen atoms in total. The van der Waals surface area contributed by atoms with Crippen LogP contribution in [0, 0.1) is 0 Å². The molecule has 0 aromatic carbocycles. The molecule has 3 fully saturated rings. The van der Waals surface area contributed by atoms with Crippen LogP contribution < -0.4 is 0 Å². The molecule has 0 aromatic heterocycles. The van der Waals surface area contributed by atoms with Crippen molar-refractivity contribution in [1.29, 1.82) is 0 Å². The number of piperazine rings is 1. The minimum absolute atomic E-state index is 0.349. The first-order valence-electron chi connectivity index (χ1n) is 8.27. The Kier molecular flexibility index (Phi) is 3.89. The van der Waals surface area contributed by atoms with Gasteiger partial charge in [0.2, 0.25) is 0 Å². The van der Waals surface area contributed by atoms with Gasteiger partial charge in [-0.3, -0.25) is 9.80 Å². The molecule has 0 N–H and O–H groups in total. The predicted octanol–water partition coefficient (Wildman–Crippen LogP) is 2.03. The molecule has 2 aliphatic heterocycles. The third-order valence-electron chi connectivity index (χ3n) is 5.34. The molecule has 0 bridgehead atoms. The van der Waals surface area contributed by atoms with Crippen LogP contribution in [0.25, 0.3) is 0 Å². The molecular formula is C16H31N3. The van der Waals surface area contributed by atoms with E-state index in [-0.39, 0.29) is 0 Å². The quantitative estimate of drug-likeness (QED) is 0.756. The van der Waals surface area contributed by atoms with Gasteiger partial charge in [-0.05, 0) is 59.5 Å². The van der Waals surface area contributed by atoms with E-state index in [1.807, 2.05) is 0 Å². The van der Waals surface area contributed by atoms with Crippen LogP contribution in [0.2, 0.25) is 0 Å². The summed E-state index contributed by atoms with van der Waals surface area (Å²) < 4.78 is 0. The maximum Gasteiger partial charge on any atom is 0.0126 e. The first-order valence-corrected chi connectivity index (χ1v) is 8.27. The minimum Gasteiger partial charge on any atom is -0.300 e. The fourth-order valence-electron chi connectivity index (χ4n) is 3.81. The monoisotopic (exact) mass is 265 g/mol. The summed E-state index contributed by atoms with van der Waals surface area (Å²) in [5, 5.41) is 0.